The van der Waals surface area contributed by atoms with Crippen molar-refractivity contribution in [3.63, 3.8) is 0 Å². The molecule has 1 amide bonds. The summed E-state index contributed by atoms with van der Waals surface area (Å²) >= 11 is 0. The first-order chi connectivity index (χ1) is 7.43. The number of rotatable bonds is 4. The van der Waals surface area contributed by atoms with Gasteiger partial charge in [-0.15, -0.1) is 0 Å². The van der Waals surface area contributed by atoms with Crippen molar-refractivity contribution in [2.24, 2.45) is 17.8 Å². The predicted molar refractivity (Wildman–Crippen MR) is 59.9 cm³/mol. The highest BCUT2D eigenvalue weighted by molar-refractivity contribution is 5.85. The number of nitrogens with one attached hydrogen (secondary N) is 2. The summed E-state index contributed by atoms with van der Waals surface area (Å²) in [6.07, 6.45) is 0. The molecule has 0 aromatic rings. The highest BCUT2D eigenvalue weighted by atomic mass is 16.4. The van der Waals surface area contributed by atoms with Crippen molar-refractivity contribution in [1.82, 2.24) is 10.6 Å². The molecule has 0 radical (unpaired) electrons. The maximum Gasteiger partial charge on any atom is 0.326 e. The minimum Gasteiger partial charge on any atom is -0.480 e. The van der Waals surface area contributed by atoms with Crippen LogP contribution in [-0.2, 0) is 9.59 Å². The van der Waals surface area contributed by atoms with Crippen LogP contribution in [0.4, 0.5) is 0 Å². The molecule has 1 aliphatic rings. The highest BCUT2D eigenvalue weighted by Crippen LogP contribution is 2.16. The fraction of sp³-hybridized carbons (Fsp3) is 0.818. The SMILES string of the molecule is CC(C)C(NC(=O)C1CNCC1C)C(=O)O. The Bertz CT molecular complexity index is 278. The summed E-state index contributed by atoms with van der Waals surface area (Å²) in [7, 11) is 0. The second-order valence-corrected chi connectivity index (χ2v) is 4.81. The number of hydrogen-bond donors (Lipinski definition) is 3. The molecular formula is C11H20N2O3. The predicted octanol–water partition coefficient (Wildman–Crippen LogP) is 0.0673. The smallest absolute Gasteiger partial charge is 0.326 e. The van der Waals surface area contributed by atoms with Gasteiger partial charge in [0.2, 0.25) is 5.91 Å². The van der Waals surface area contributed by atoms with Crippen molar-refractivity contribution < 1.29 is 14.7 Å². The Labute approximate surface area is 95.6 Å². The zero-order valence-corrected chi connectivity index (χ0v) is 9.99. The van der Waals surface area contributed by atoms with Crippen molar-refractivity contribution in [3.8, 4) is 0 Å². The molecule has 3 unspecified atom stereocenters. The molecule has 0 spiro atoms. The minimum absolute atomic E-state index is 0.105. The number of amides is 1. The lowest BCUT2D eigenvalue weighted by atomic mass is 9.96. The van der Waals surface area contributed by atoms with Crippen molar-refractivity contribution in [1.29, 1.82) is 0 Å². The molecule has 1 fully saturated rings. The fourth-order valence-electron chi connectivity index (χ4n) is 1.93. The molecule has 92 valence electrons. The van der Waals surface area contributed by atoms with Gasteiger partial charge in [-0.2, -0.15) is 0 Å². The molecule has 5 heteroatoms. The topological polar surface area (TPSA) is 78.4 Å². The number of carbonyl (C=O) groups is 2. The van der Waals surface area contributed by atoms with Gasteiger partial charge in [-0.05, 0) is 18.4 Å². The Kier molecular flexibility index (Phi) is 4.29. The monoisotopic (exact) mass is 228 g/mol. The van der Waals surface area contributed by atoms with E-state index in [1.807, 2.05) is 6.92 Å². The van der Waals surface area contributed by atoms with Crippen molar-refractivity contribution >= 4 is 11.9 Å². The van der Waals surface area contributed by atoms with Gasteiger partial charge < -0.3 is 15.7 Å². The fourth-order valence-corrected chi connectivity index (χ4v) is 1.93. The van der Waals surface area contributed by atoms with E-state index in [1.54, 1.807) is 13.8 Å². The maximum absolute atomic E-state index is 11.9. The number of carboxylic acid groups (broad SMARTS) is 1. The van der Waals surface area contributed by atoms with E-state index in [1.165, 1.54) is 0 Å². The van der Waals surface area contributed by atoms with Crippen LogP contribution in [0.3, 0.4) is 0 Å². The standard InChI is InChI=1S/C11H20N2O3/c1-6(2)9(11(15)16)13-10(14)8-5-12-4-7(8)3/h6-9,12H,4-5H2,1-3H3,(H,13,14)(H,15,16). The summed E-state index contributed by atoms with van der Waals surface area (Å²) in [5.41, 5.74) is 0. The van der Waals surface area contributed by atoms with Gasteiger partial charge >= 0.3 is 5.97 Å². The minimum atomic E-state index is -0.970. The van der Waals surface area contributed by atoms with Crippen LogP contribution in [0.15, 0.2) is 0 Å². The van der Waals surface area contributed by atoms with Crippen LogP contribution in [0, 0.1) is 17.8 Å². The van der Waals surface area contributed by atoms with E-state index < -0.39 is 12.0 Å². The first-order valence-corrected chi connectivity index (χ1v) is 5.67. The second-order valence-electron chi connectivity index (χ2n) is 4.81. The normalized spacial score (nSPS) is 26.8. The third-order valence-corrected chi connectivity index (χ3v) is 3.08. The van der Waals surface area contributed by atoms with E-state index in [2.05, 4.69) is 10.6 Å². The Balaban J connectivity index is 2.58. The van der Waals surface area contributed by atoms with Gasteiger partial charge in [0.15, 0.2) is 0 Å². The van der Waals surface area contributed by atoms with Crippen LogP contribution in [0.2, 0.25) is 0 Å². The lowest BCUT2D eigenvalue weighted by Gasteiger charge is -2.21. The zero-order valence-electron chi connectivity index (χ0n) is 9.99. The number of carbonyl (C=O) groups excluding carboxylic acids is 1. The summed E-state index contributed by atoms with van der Waals surface area (Å²) in [5, 5.41) is 14.7. The molecule has 0 aromatic heterocycles. The molecule has 1 rings (SSSR count). The van der Waals surface area contributed by atoms with E-state index >= 15 is 0 Å². The van der Waals surface area contributed by atoms with E-state index in [-0.39, 0.29) is 23.7 Å². The Morgan fingerprint density at radius 1 is 1.38 bits per heavy atom. The summed E-state index contributed by atoms with van der Waals surface area (Å²) < 4.78 is 0. The van der Waals surface area contributed by atoms with Crippen molar-refractivity contribution in [2.45, 2.75) is 26.8 Å². The summed E-state index contributed by atoms with van der Waals surface area (Å²) in [5.74, 6) is -1.08. The molecule has 16 heavy (non-hydrogen) atoms. The maximum atomic E-state index is 11.9. The molecule has 3 atom stereocenters. The van der Waals surface area contributed by atoms with Gasteiger partial charge in [0.25, 0.3) is 0 Å². The van der Waals surface area contributed by atoms with E-state index in [0.29, 0.717) is 6.54 Å². The molecule has 3 N–H and O–H groups in total. The molecule has 1 saturated heterocycles. The van der Waals surface area contributed by atoms with Gasteiger partial charge in [0.1, 0.15) is 6.04 Å². The zero-order chi connectivity index (χ0) is 12.3. The van der Waals surface area contributed by atoms with Gasteiger partial charge in [-0.3, -0.25) is 4.79 Å². The molecule has 1 aliphatic heterocycles. The lowest BCUT2D eigenvalue weighted by Crippen LogP contribution is -2.47. The summed E-state index contributed by atoms with van der Waals surface area (Å²) in [4.78, 5) is 22.8. The first kappa shape index (κ1) is 13.0. The summed E-state index contributed by atoms with van der Waals surface area (Å²) in [6, 6.07) is -0.791. The van der Waals surface area contributed by atoms with Gasteiger partial charge in [0.05, 0.1) is 5.92 Å². The number of carboxylic acids is 1. The quantitative estimate of drug-likeness (QED) is 0.636. The van der Waals surface area contributed by atoms with Crippen molar-refractivity contribution in [2.75, 3.05) is 13.1 Å². The largest absolute Gasteiger partial charge is 0.480 e. The van der Waals surface area contributed by atoms with Crippen LogP contribution in [0.25, 0.3) is 0 Å². The average molecular weight is 228 g/mol. The Morgan fingerprint density at radius 2 is 2.00 bits per heavy atom. The summed E-state index contributed by atoms with van der Waals surface area (Å²) in [6.45, 7) is 7.02. The van der Waals surface area contributed by atoms with Crippen LogP contribution in [-0.4, -0.2) is 36.1 Å². The molecule has 0 saturated carbocycles. The van der Waals surface area contributed by atoms with E-state index in [0.717, 1.165) is 6.54 Å². The number of hydrogen-bond acceptors (Lipinski definition) is 3. The number of aliphatic carboxylic acids is 1. The Morgan fingerprint density at radius 3 is 2.38 bits per heavy atom. The highest BCUT2D eigenvalue weighted by Gasteiger charge is 2.32. The van der Waals surface area contributed by atoms with Gasteiger partial charge in [-0.25, -0.2) is 4.79 Å². The lowest BCUT2D eigenvalue weighted by molar-refractivity contribution is -0.143. The average Bonchev–Trinajstić information content (AvgIpc) is 2.59. The van der Waals surface area contributed by atoms with Crippen LogP contribution in [0.5, 0.6) is 0 Å². The molecule has 0 bridgehead atoms. The third-order valence-electron chi connectivity index (χ3n) is 3.08. The molecule has 5 nitrogen and oxygen atoms in total. The molecular weight excluding hydrogens is 208 g/mol. The van der Waals surface area contributed by atoms with Crippen LogP contribution < -0.4 is 10.6 Å². The van der Waals surface area contributed by atoms with Crippen LogP contribution in [0.1, 0.15) is 20.8 Å². The van der Waals surface area contributed by atoms with E-state index in [9.17, 15) is 9.59 Å². The molecule has 0 aromatic carbocycles. The van der Waals surface area contributed by atoms with E-state index in [4.69, 9.17) is 5.11 Å². The Hall–Kier alpha value is -1.10. The van der Waals surface area contributed by atoms with Crippen LogP contribution >= 0.6 is 0 Å². The third kappa shape index (κ3) is 2.95. The molecule has 1 heterocycles. The first-order valence-electron chi connectivity index (χ1n) is 5.67. The van der Waals surface area contributed by atoms with Crippen molar-refractivity contribution in [3.05, 3.63) is 0 Å². The van der Waals surface area contributed by atoms with Gasteiger partial charge in [-0.1, -0.05) is 20.8 Å². The second kappa shape index (κ2) is 5.30. The molecule has 0 aliphatic carbocycles. The van der Waals surface area contributed by atoms with Gasteiger partial charge in [0, 0.05) is 6.54 Å².